The number of allylic oxidation sites excluding steroid dienone is 10. The Hall–Kier alpha value is -2.89. The molecule has 0 aliphatic heterocycles. The third-order valence-corrected chi connectivity index (χ3v) is 10.1. The molecule has 0 heterocycles. The van der Waals surface area contributed by atoms with E-state index in [9.17, 15) is 14.4 Å². The van der Waals surface area contributed by atoms with Crippen molar-refractivity contribution in [3.05, 3.63) is 60.8 Å². The minimum atomic E-state index is -0.795. The largest absolute Gasteiger partial charge is 0.462 e. The fourth-order valence-electron chi connectivity index (χ4n) is 6.49. The van der Waals surface area contributed by atoms with Gasteiger partial charge in [-0.1, -0.05) is 210 Å². The molecule has 0 amide bonds. The second kappa shape index (κ2) is 45.8. The molecule has 6 heteroatoms. The predicted octanol–water partition coefficient (Wildman–Crippen LogP) is 15.3. The molecule has 6 nitrogen and oxygen atoms in total. The lowest BCUT2D eigenvalue weighted by Gasteiger charge is -2.18. The van der Waals surface area contributed by atoms with Crippen molar-refractivity contribution >= 4 is 17.9 Å². The van der Waals surface area contributed by atoms with Crippen LogP contribution in [0, 0.1) is 0 Å². The molecular weight excluding hydrogens is 709 g/mol. The van der Waals surface area contributed by atoms with E-state index in [1.807, 2.05) is 36.5 Å². The minimum absolute atomic E-state index is 0.0924. The molecule has 0 aliphatic carbocycles. The van der Waals surface area contributed by atoms with E-state index in [1.54, 1.807) is 0 Å². The molecule has 0 N–H and O–H groups in total. The Morgan fingerprint density at radius 3 is 1.19 bits per heavy atom. The fourth-order valence-corrected chi connectivity index (χ4v) is 6.49. The van der Waals surface area contributed by atoms with Crippen LogP contribution in [0.15, 0.2) is 60.8 Å². The molecule has 0 aromatic heterocycles. The van der Waals surface area contributed by atoms with E-state index in [2.05, 4.69) is 45.1 Å². The first kappa shape index (κ1) is 54.1. The summed E-state index contributed by atoms with van der Waals surface area (Å²) in [5, 5.41) is 0. The third-order valence-electron chi connectivity index (χ3n) is 10.1. The summed E-state index contributed by atoms with van der Waals surface area (Å²) in [5.74, 6) is -0.946. The average molecular weight is 797 g/mol. The highest BCUT2D eigenvalue weighted by Gasteiger charge is 2.19. The van der Waals surface area contributed by atoms with Gasteiger partial charge in [-0.25, -0.2) is 0 Å². The minimum Gasteiger partial charge on any atom is -0.462 e. The summed E-state index contributed by atoms with van der Waals surface area (Å²) in [6.45, 7) is 6.41. The zero-order valence-corrected chi connectivity index (χ0v) is 37.3. The van der Waals surface area contributed by atoms with Gasteiger partial charge in [-0.15, -0.1) is 0 Å². The number of unbranched alkanes of at least 4 members (excludes halogenated alkanes) is 24. The van der Waals surface area contributed by atoms with Gasteiger partial charge < -0.3 is 14.2 Å². The molecule has 57 heavy (non-hydrogen) atoms. The first-order chi connectivity index (χ1) is 28.0. The summed E-state index contributed by atoms with van der Waals surface area (Å²) in [7, 11) is 0. The lowest BCUT2D eigenvalue weighted by Crippen LogP contribution is -2.30. The van der Waals surface area contributed by atoms with Crippen LogP contribution in [0.1, 0.15) is 226 Å². The SMILES string of the molecule is CC\C=C/C=C\C=C/C=C\CCCCCC(=O)OC(COC(=O)CCCCCC/C=C\CCCC)COC(=O)CCCCCCCCCCCCCCCCCC. The molecule has 0 radical (unpaired) electrons. The van der Waals surface area contributed by atoms with E-state index in [4.69, 9.17) is 14.2 Å². The van der Waals surface area contributed by atoms with E-state index in [-0.39, 0.29) is 37.5 Å². The number of carbonyl (C=O) groups excluding carboxylic acids is 3. The van der Waals surface area contributed by atoms with E-state index in [1.165, 1.54) is 96.3 Å². The van der Waals surface area contributed by atoms with E-state index >= 15 is 0 Å². The second-order valence-corrected chi connectivity index (χ2v) is 15.7. The van der Waals surface area contributed by atoms with E-state index in [0.717, 1.165) is 89.9 Å². The van der Waals surface area contributed by atoms with E-state index in [0.29, 0.717) is 12.8 Å². The van der Waals surface area contributed by atoms with Gasteiger partial charge in [-0.2, -0.15) is 0 Å². The van der Waals surface area contributed by atoms with Crippen LogP contribution in [0.3, 0.4) is 0 Å². The van der Waals surface area contributed by atoms with Gasteiger partial charge in [-0.3, -0.25) is 14.4 Å². The highest BCUT2D eigenvalue weighted by atomic mass is 16.6. The highest BCUT2D eigenvalue weighted by molar-refractivity contribution is 5.71. The van der Waals surface area contributed by atoms with Crippen LogP contribution in [0.5, 0.6) is 0 Å². The zero-order valence-electron chi connectivity index (χ0n) is 37.3. The van der Waals surface area contributed by atoms with Crippen LogP contribution < -0.4 is 0 Å². The third kappa shape index (κ3) is 44.1. The number of ether oxygens (including phenoxy) is 3. The van der Waals surface area contributed by atoms with Gasteiger partial charge in [-0.05, 0) is 57.8 Å². The van der Waals surface area contributed by atoms with Crippen LogP contribution in [0.25, 0.3) is 0 Å². The molecular formula is C51H88O6. The lowest BCUT2D eigenvalue weighted by molar-refractivity contribution is -0.167. The van der Waals surface area contributed by atoms with Crippen LogP contribution >= 0.6 is 0 Å². The Kier molecular flexibility index (Phi) is 43.5. The number of carbonyl (C=O) groups is 3. The van der Waals surface area contributed by atoms with Gasteiger partial charge in [0.2, 0.25) is 0 Å². The molecule has 0 aromatic carbocycles. The number of hydrogen-bond donors (Lipinski definition) is 0. The topological polar surface area (TPSA) is 78.9 Å². The molecule has 0 spiro atoms. The van der Waals surface area contributed by atoms with Crippen molar-refractivity contribution in [3.8, 4) is 0 Å². The maximum atomic E-state index is 12.7. The molecule has 1 unspecified atom stereocenters. The maximum Gasteiger partial charge on any atom is 0.306 e. The molecule has 0 saturated heterocycles. The number of rotatable bonds is 42. The molecule has 0 rings (SSSR count). The Bertz CT molecular complexity index is 1050. The van der Waals surface area contributed by atoms with E-state index < -0.39 is 6.10 Å². The smallest absolute Gasteiger partial charge is 0.306 e. The number of esters is 3. The monoisotopic (exact) mass is 797 g/mol. The van der Waals surface area contributed by atoms with Gasteiger partial charge in [0.1, 0.15) is 13.2 Å². The summed E-state index contributed by atoms with van der Waals surface area (Å²) in [6.07, 6.45) is 54.9. The normalized spacial score (nSPS) is 12.5. The lowest BCUT2D eigenvalue weighted by atomic mass is 10.0. The highest BCUT2D eigenvalue weighted by Crippen LogP contribution is 2.15. The molecule has 1 atom stereocenters. The first-order valence-corrected chi connectivity index (χ1v) is 23.8. The molecule has 0 aromatic rings. The van der Waals surface area contributed by atoms with Crippen LogP contribution in [0.4, 0.5) is 0 Å². The Labute approximate surface area is 351 Å². The maximum absolute atomic E-state index is 12.7. The van der Waals surface area contributed by atoms with Crippen molar-refractivity contribution in [2.24, 2.45) is 0 Å². The van der Waals surface area contributed by atoms with Gasteiger partial charge in [0.05, 0.1) is 0 Å². The second-order valence-electron chi connectivity index (χ2n) is 15.7. The molecule has 0 bridgehead atoms. The Morgan fingerprint density at radius 2 is 0.719 bits per heavy atom. The van der Waals surface area contributed by atoms with Gasteiger partial charge in [0.15, 0.2) is 6.10 Å². The summed E-state index contributed by atoms with van der Waals surface area (Å²) < 4.78 is 16.7. The summed E-state index contributed by atoms with van der Waals surface area (Å²) in [4.78, 5) is 37.8. The Balaban J connectivity index is 4.40. The zero-order chi connectivity index (χ0) is 41.5. The molecule has 0 aliphatic rings. The summed E-state index contributed by atoms with van der Waals surface area (Å²) >= 11 is 0. The standard InChI is InChI=1S/C51H88O6/c1-4-7-10-13-16-19-22-24-25-26-28-29-32-35-38-41-44-50(53)56-47-48(46-55-49(52)43-40-37-34-31-21-18-15-12-9-6-3)57-51(54)45-42-39-36-33-30-27-23-20-17-14-11-8-5-2/h8,11,14-15,17-18,20,23,27,30,48H,4-7,9-10,12-13,16,19,21-22,24-26,28-29,31-47H2,1-3H3/b11-8-,17-14-,18-15-,23-20-,30-27-. The van der Waals surface area contributed by atoms with Crippen molar-refractivity contribution in [1.82, 2.24) is 0 Å². The summed E-state index contributed by atoms with van der Waals surface area (Å²) in [6, 6.07) is 0. The Morgan fingerprint density at radius 1 is 0.368 bits per heavy atom. The van der Waals surface area contributed by atoms with Crippen molar-refractivity contribution < 1.29 is 28.6 Å². The average Bonchev–Trinajstić information content (AvgIpc) is 3.21. The van der Waals surface area contributed by atoms with Crippen LogP contribution in [0.2, 0.25) is 0 Å². The van der Waals surface area contributed by atoms with Crippen molar-refractivity contribution in [2.45, 2.75) is 232 Å². The van der Waals surface area contributed by atoms with Gasteiger partial charge >= 0.3 is 17.9 Å². The quantitative estimate of drug-likeness (QED) is 0.0201. The van der Waals surface area contributed by atoms with Gasteiger partial charge in [0, 0.05) is 19.3 Å². The number of hydrogen-bond acceptors (Lipinski definition) is 6. The fraction of sp³-hybridized carbons (Fsp3) is 0.745. The van der Waals surface area contributed by atoms with Crippen molar-refractivity contribution in [1.29, 1.82) is 0 Å². The molecule has 0 saturated carbocycles. The van der Waals surface area contributed by atoms with Crippen molar-refractivity contribution in [2.75, 3.05) is 13.2 Å². The van der Waals surface area contributed by atoms with Crippen LogP contribution in [-0.4, -0.2) is 37.2 Å². The predicted molar refractivity (Wildman–Crippen MR) is 242 cm³/mol. The molecule has 328 valence electrons. The molecule has 0 fully saturated rings. The van der Waals surface area contributed by atoms with Crippen LogP contribution in [-0.2, 0) is 28.6 Å². The first-order valence-electron chi connectivity index (χ1n) is 23.8. The van der Waals surface area contributed by atoms with Gasteiger partial charge in [0.25, 0.3) is 0 Å². The summed E-state index contributed by atoms with van der Waals surface area (Å²) in [5.41, 5.74) is 0. The van der Waals surface area contributed by atoms with Crippen molar-refractivity contribution in [3.63, 3.8) is 0 Å².